The van der Waals surface area contributed by atoms with Crippen molar-refractivity contribution in [1.82, 2.24) is 14.8 Å². The highest BCUT2D eigenvalue weighted by molar-refractivity contribution is 7.99. The molecule has 19 heavy (non-hydrogen) atoms. The standard InChI is InChI=1S/C13H16FN3OS/c1-10(11-3-5-12(14)6-4-11)19-13-16-15-9-17(13)7-8-18-2/h3-6,9-10H,7-8H2,1-2H3/t10-/m0/s1. The second-order valence-electron chi connectivity index (χ2n) is 4.11. The lowest BCUT2D eigenvalue weighted by Crippen LogP contribution is -2.05. The van der Waals surface area contributed by atoms with Gasteiger partial charge in [-0.05, 0) is 24.6 Å². The molecule has 0 amide bonds. The summed E-state index contributed by atoms with van der Waals surface area (Å²) < 4.78 is 19.9. The number of thioether (sulfide) groups is 1. The van der Waals surface area contributed by atoms with Gasteiger partial charge in [0.25, 0.3) is 0 Å². The molecule has 0 unspecified atom stereocenters. The monoisotopic (exact) mass is 281 g/mol. The first kappa shape index (κ1) is 14.0. The van der Waals surface area contributed by atoms with Crippen LogP contribution in [0.15, 0.2) is 35.7 Å². The smallest absolute Gasteiger partial charge is 0.191 e. The minimum absolute atomic E-state index is 0.186. The van der Waals surface area contributed by atoms with Gasteiger partial charge in [-0.15, -0.1) is 10.2 Å². The van der Waals surface area contributed by atoms with Gasteiger partial charge in [0, 0.05) is 18.9 Å². The quantitative estimate of drug-likeness (QED) is 0.763. The van der Waals surface area contributed by atoms with Crippen LogP contribution in [0.1, 0.15) is 17.7 Å². The highest BCUT2D eigenvalue weighted by atomic mass is 32.2. The van der Waals surface area contributed by atoms with E-state index in [9.17, 15) is 4.39 Å². The van der Waals surface area contributed by atoms with Crippen LogP contribution in [0.2, 0.25) is 0 Å². The third kappa shape index (κ3) is 3.78. The van der Waals surface area contributed by atoms with Crippen LogP contribution >= 0.6 is 11.8 Å². The Morgan fingerprint density at radius 3 is 2.79 bits per heavy atom. The van der Waals surface area contributed by atoms with E-state index >= 15 is 0 Å². The summed E-state index contributed by atoms with van der Waals surface area (Å²) in [5.74, 6) is -0.218. The minimum atomic E-state index is -0.218. The zero-order chi connectivity index (χ0) is 13.7. The molecule has 2 aromatic rings. The first-order valence-corrected chi connectivity index (χ1v) is 6.87. The summed E-state index contributed by atoms with van der Waals surface area (Å²) in [6, 6.07) is 6.54. The summed E-state index contributed by atoms with van der Waals surface area (Å²) in [6.07, 6.45) is 1.69. The predicted octanol–water partition coefficient (Wildman–Crippen LogP) is 2.92. The van der Waals surface area contributed by atoms with Gasteiger partial charge in [0.1, 0.15) is 12.1 Å². The maximum atomic E-state index is 12.9. The molecule has 0 spiro atoms. The van der Waals surface area contributed by atoms with E-state index in [4.69, 9.17) is 4.74 Å². The number of hydrogen-bond donors (Lipinski definition) is 0. The molecule has 2 rings (SSSR count). The number of methoxy groups -OCH3 is 1. The molecule has 1 aromatic heterocycles. The summed E-state index contributed by atoms with van der Waals surface area (Å²) in [6.45, 7) is 3.41. The summed E-state index contributed by atoms with van der Waals surface area (Å²) in [7, 11) is 1.66. The Hall–Kier alpha value is -1.40. The van der Waals surface area contributed by atoms with Crippen LogP contribution in [0.4, 0.5) is 4.39 Å². The van der Waals surface area contributed by atoms with Gasteiger partial charge in [-0.2, -0.15) is 0 Å². The minimum Gasteiger partial charge on any atom is -0.383 e. The Bertz CT molecular complexity index is 515. The maximum Gasteiger partial charge on any atom is 0.191 e. The number of halogens is 1. The van der Waals surface area contributed by atoms with E-state index in [2.05, 4.69) is 17.1 Å². The van der Waals surface area contributed by atoms with E-state index in [1.54, 1.807) is 37.3 Å². The zero-order valence-electron chi connectivity index (χ0n) is 10.9. The SMILES string of the molecule is COCCn1cnnc1S[C@@H](C)c1ccc(F)cc1. The third-order valence-corrected chi connectivity index (χ3v) is 3.89. The molecule has 0 bridgehead atoms. The second-order valence-corrected chi connectivity index (χ2v) is 5.42. The fourth-order valence-corrected chi connectivity index (χ4v) is 2.62. The van der Waals surface area contributed by atoms with Crippen LogP contribution in [0, 0.1) is 5.82 Å². The number of ether oxygens (including phenoxy) is 1. The molecule has 1 aromatic carbocycles. The van der Waals surface area contributed by atoms with Gasteiger partial charge in [-0.25, -0.2) is 4.39 Å². The van der Waals surface area contributed by atoms with E-state index in [0.29, 0.717) is 6.61 Å². The van der Waals surface area contributed by atoms with E-state index in [1.807, 2.05) is 4.57 Å². The van der Waals surface area contributed by atoms with Crippen molar-refractivity contribution in [1.29, 1.82) is 0 Å². The van der Waals surface area contributed by atoms with Crippen LogP contribution in [-0.2, 0) is 11.3 Å². The maximum absolute atomic E-state index is 12.9. The van der Waals surface area contributed by atoms with Gasteiger partial charge >= 0.3 is 0 Å². The summed E-state index contributed by atoms with van der Waals surface area (Å²) in [5, 5.41) is 9.04. The highest BCUT2D eigenvalue weighted by Crippen LogP contribution is 2.33. The highest BCUT2D eigenvalue weighted by Gasteiger charge is 2.12. The molecule has 1 atom stereocenters. The van der Waals surface area contributed by atoms with Gasteiger partial charge in [0.2, 0.25) is 0 Å². The molecule has 0 saturated carbocycles. The van der Waals surface area contributed by atoms with Crippen molar-refractivity contribution in [3.05, 3.63) is 42.0 Å². The van der Waals surface area contributed by atoms with Crippen molar-refractivity contribution in [2.45, 2.75) is 23.9 Å². The molecule has 0 fully saturated rings. The van der Waals surface area contributed by atoms with Crippen molar-refractivity contribution in [3.63, 3.8) is 0 Å². The van der Waals surface area contributed by atoms with Crippen molar-refractivity contribution in [2.75, 3.05) is 13.7 Å². The van der Waals surface area contributed by atoms with Crippen molar-refractivity contribution in [3.8, 4) is 0 Å². The van der Waals surface area contributed by atoms with Gasteiger partial charge in [0.15, 0.2) is 5.16 Å². The van der Waals surface area contributed by atoms with E-state index in [1.165, 1.54) is 12.1 Å². The van der Waals surface area contributed by atoms with Gasteiger partial charge in [-0.1, -0.05) is 23.9 Å². The first-order chi connectivity index (χ1) is 9.20. The number of benzene rings is 1. The van der Waals surface area contributed by atoms with Crippen molar-refractivity contribution < 1.29 is 9.13 Å². The molecule has 0 radical (unpaired) electrons. The largest absolute Gasteiger partial charge is 0.383 e. The van der Waals surface area contributed by atoms with Gasteiger partial charge < -0.3 is 9.30 Å². The first-order valence-electron chi connectivity index (χ1n) is 5.99. The predicted molar refractivity (Wildman–Crippen MR) is 72.6 cm³/mol. The number of rotatable bonds is 6. The van der Waals surface area contributed by atoms with Crippen LogP contribution in [-0.4, -0.2) is 28.5 Å². The van der Waals surface area contributed by atoms with Gasteiger partial charge in [-0.3, -0.25) is 0 Å². The fraction of sp³-hybridized carbons (Fsp3) is 0.385. The Labute approximate surface area is 116 Å². The van der Waals surface area contributed by atoms with Crippen LogP contribution in [0.5, 0.6) is 0 Å². The molecule has 0 N–H and O–H groups in total. The molecule has 0 aliphatic rings. The number of aromatic nitrogens is 3. The average Bonchev–Trinajstić information content (AvgIpc) is 2.84. The lowest BCUT2D eigenvalue weighted by atomic mass is 10.2. The second kappa shape index (κ2) is 6.68. The zero-order valence-corrected chi connectivity index (χ0v) is 11.7. The molecule has 4 nitrogen and oxygen atoms in total. The summed E-state index contributed by atoms with van der Waals surface area (Å²) >= 11 is 1.60. The Morgan fingerprint density at radius 1 is 1.37 bits per heavy atom. The molecule has 0 saturated heterocycles. The summed E-state index contributed by atoms with van der Waals surface area (Å²) in [4.78, 5) is 0. The van der Waals surface area contributed by atoms with Crippen LogP contribution in [0.25, 0.3) is 0 Å². The third-order valence-electron chi connectivity index (χ3n) is 2.74. The van der Waals surface area contributed by atoms with E-state index in [0.717, 1.165) is 17.3 Å². The Morgan fingerprint density at radius 2 is 2.11 bits per heavy atom. The molecule has 102 valence electrons. The lowest BCUT2D eigenvalue weighted by molar-refractivity contribution is 0.184. The van der Waals surface area contributed by atoms with E-state index < -0.39 is 0 Å². The molecular formula is C13H16FN3OS. The van der Waals surface area contributed by atoms with Crippen molar-refractivity contribution >= 4 is 11.8 Å². The molecular weight excluding hydrogens is 265 g/mol. The molecule has 1 heterocycles. The summed E-state index contributed by atoms with van der Waals surface area (Å²) in [5.41, 5.74) is 1.06. The topological polar surface area (TPSA) is 39.9 Å². The average molecular weight is 281 g/mol. The Balaban J connectivity index is 2.04. The molecule has 0 aliphatic heterocycles. The lowest BCUT2D eigenvalue weighted by Gasteiger charge is -2.12. The van der Waals surface area contributed by atoms with E-state index in [-0.39, 0.29) is 11.1 Å². The van der Waals surface area contributed by atoms with Crippen LogP contribution in [0.3, 0.4) is 0 Å². The number of hydrogen-bond acceptors (Lipinski definition) is 4. The van der Waals surface area contributed by atoms with Crippen LogP contribution < -0.4 is 0 Å². The van der Waals surface area contributed by atoms with Gasteiger partial charge in [0.05, 0.1) is 6.61 Å². The fourth-order valence-electron chi connectivity index (χ4n) is 1.64. The molecule has 0 aliphatic carbocycles. The van der Waals surface area contributed by atoms with Crippen molar-refractivity contribution in [2.24, 2.45) is 0 Å². The Kier molecular flexibility index (Phi) is 4.93. The normalized spacial score (nSPS) is 12.6. The molecule has 6 heteroatoms. The number of nitrogens with zero attached hydrogens (tertiary/aromatic N) is 3.